The lowest BCUT2D eigenvalue weighted by Gasteiger charge is -2.26. The molecule has 0 fully saturated rings. The maximum absolute atomic E-state index is 14.0. The van der Waals surface area contributed by atoms with Crippen molar-refractivity contribution in [3.63, 3.8) is 0 Å². The maximum Gasteiger partial charge on any atom is 0.230 e. The van der Waals surface area contributed by atoms with Gasteiger partial charge in [0, 0.05) is 17.1 Å². The molecule has 5 nitrogen and oxygen atoms in total. The molecule has 1 heterocycles. The van der Waals surface area contributed by atoms with Crippen LogP contribution in [0.4, 0.5) is 0 Å². The van der Waals surface area contributed by atoms with Gasteiger partial charge in [0.2, 0.25) is 5.91 Å². The molecule has 4 aromatic rings. The number of phenols is 2. The Morgan fingerprint density at radius 1 is 0.917 bits per heavy atom. The first kappa shape index (κ1) is 23.8. The molecule has 0 bridgehead atoms. The third-order valence-corrected chi connectivity index (χ3v) is 6.70. The summed E-state index contributed by atoms with van der Waals surface area (Å²) >= 11 is 6.18. The van der Waals surface area contributed by atoms with Crippen molar-refractivity contribution in [3.05, 3.63) is 113 Å². The van der Waals surface area contributed by atoms with Gasteiger partial charge in [-0.2, -0.15) is 0 Å². The summed E-state index contributed by atoms with van der Waals surface area (Å²) in [7, 11) is 0. The number of hydrogen-bond acceptors (Lipinski definition) is 4. The first-order valence-corrected chi connectivity index (χ1v) is 12.2. The number of carbonyl (C=O) groups excluding carboxylic acids is 1. The Bertz CT molecular complexity index is 1370. The highest BCUT2D eigenvalue weighted by Gasteiger charge is 2.29. The van der Waals surface area contributed by atoms with Gasteiger partial charge < -0.3 is 19.8 Å². The van der Waals surface area contributed by atoms with Crippen molar-refractivity contribution in [2.24, 2.45) is 0 Å². The third kappa shape index (κ3) is 5.16. The molecule has 6 heteroatoms. The molecule has 4 aromatic carbocycles. The van der Waals surface area contributed by atoms with Crippen molar-refractivity contribution < 1.29 is 19.7 Å². The van der Waals surface area contributed by atoms with Gasteiger partial charge in [-0.1, -0.05) is 66.2 Å². The molecule has 1 aliphatic rings. The Hall–Kier alpha value is -3.96. The molecular weight excluding hydrogens is 474 g/mol. The molecule has 0 aliphatic carbocycles. The summed E-state index contributed by atoms with van der Waals surface area (Å²) in [5.74, 6) is 0.227. The molecule has 36 heavy (non-hydrogen) atoms. The smallest absolute Gasteiger partial charge is 0.230 e. The van der Waals surface area contributed by atoms with Crippen LogP contribution in [0.15, 0.2) is 91.0 Å². The molecule has 0 spiro atoms. The van der Waals surface area contributed by atoms with E-state index >= 15 is 0 Å². The number of carbonyl (C=O) groups is 1. The second-order valence-electron chi connectivity index (χ2n) is 8.94. The van der Waals surface area contributed by atoms with Crippen LogP contribution in [0.3, 0.4) is 0 Å². The number of rotatable bonds is 5. The van der Waals surface area contributed by atoms with Crippen molar-refractivity contribution in [1.29, 1.82) is 0 Å². The van der Waals surface area contributed by atoms with E-state index in [2.05, 4.69) is 0 Å². The highest BCUT2D eigenvalue weighted by Crippen LogP contribution is 2.38. The number of hydrogen-bond donors (Lipinski definition) is 2. The zero-order chi connectivity index (χ0) is 25.1. The average Bonchev–Trinajstić information content (AvgIpc) is 3.11. The van der Waals surface area contributed by atoms with Crippen LogP contribution in [0.5, 0.6) is 17.2 Å². The summed E-state index contributed by atoms with van der Waals surface area (Å²) in [6.07, 6.45) is 0.501. The van der Waals surface area contributed by atoms with Crippen LogP contribution in [-0.4, -0.2) is 34.2 Å². The number of amides is 1. The van der Waals surface area contributed by atoms with Gasteiger partial charge in [0.1, 0.15) is 12.4 Å². The molecule has 0 aromatic heterocycles. The minimum Gasteiger partial charge on any atom is -0.508 e. The van der Waals surface area contributed by atoms with Crippen LogP contribution in [0.25, 0.3) is 11.1 Å². The zero-order valence-corrected chi connectivity index (χ0v) is 20.4. The molecule has 182 valence electrons. The average molecular weight is 500 g/mol. The molecule has 0 saturated carbocycles. The first-order chi connectivity index (χ1) is 17.5. The molecule has 1 amide bonds. The number of ether oxygens (including phenoxy) is 1. The van der Waals surface area contributed by atoms with Crippen LogP contribution in [0.1, 0.15) is 22.6 Å². The van der Waals surface area contributed by atoms with Crippen molar-refractivity contribution >= 4 is 17.5 Å². The van der Waals surface area contributed by atoms with Gasteiger partial charge in [-0.05, 0) is 65.1 Å². The lowest BCUT2D eigenvalue weighted by Crippen LogP contribution is -2.37. The van der Waals surface area contributed by atoms with Gasteiger partial charge in [-0.15, -0.1) is 0 Å². The number of benzene rings is 4. The van der Waals surface area contributed by atoms with E-state index in [0.29, 0.717) is 30.3 Å². The molecule has 0 saturated heterocycles. The van der Waals surface area contributed by atoms with E-state index in [1.54, 1.807) is 29.2 Å². The molecule has 1 atom stereocenters. The largest absolute Gasteiger partial charge is 0.508 e. The van der Waals surface area contributed by atoms with E-state index in [-0.39, 0.29) is 24.0 Å². The number of fused-ring (bicyclic) bond motifs is 1. The highest BCUT2D eigenvalue weighted by molar-refractivity contribution is 6.30. The fourth-order valence-electron chi connectivity index (χ4n) is 4.64. The summed E-state index contributed by atoms with van der Waals surface area (Å²) < 4.78 is 5.89. The molecule has 0 radical (unpaired) electrons. The quantitative estimate of drug-likeness (QED) is 0.345. The van der Waals surface area contributed by atoms with E-state index < -0.39 is 5.92 Å². The lowest BCUT2D eigenvalue weighted by atomic mass is 9.90. The Balaban J connectivity index is 1.47. The Labute approximate surface area is 215 Å². The van der Waals surface area contributed by atoms with Crippen LogP contribution in [0.2, 0.25) is 5.02 Å². The van der Waals surface area contributed by atoms with E-state index in [9.17, 15) is 15.0 Å². The van der Waals surface area contributed by atoms with Gasteiger partial charge >= 0.3 is 0 Å². The van der Waals surface area contributed by atoms with E-state index in [1.165, 1.54) is 0 Å². The topological polar surface area (TPSA) is 70.0 Å². The summed E-state index contributed by atoms with van der Waals surface area (Å²) in [6.45, 7) is 0.997. The number of aromatic hydroxyl groups is 2. The predicted octanol–water partition coefficient (Wildman–Crippen LogP) is 6.17. The normalized spacial score (nSPS) is 13.9. The van der Waals surface area contributed by atoms with Crippen LogP contribution >= 0.6 is 11.6 Å². The van der Waals surface area contributed by atoms with Crippen molar-refractivity contribution in [1.82, 2.24) is 4.90 Å². The Morgan fingerprint density at radius 3 is 2.44 bits per heavy atom. The third-order valence-electron chi connectivity index (χ3n) is 6.46. The van der Waals surface area contributed by atoms with Crippen molar-refractivity contribution in [3.8, 4) is 28.4 Å². The Morgan fingerprint density at radius 2 is 1.69 bits per heavy atom. The molecule has 1 aliphatic heterocycles. The number of phenolic OH excluding ortho intramolecular Hbond substituents is 2. The molecule has 2 N–H and O–H groups in total. The van der Waals surface area contributed by atoms with E-state index in [1.807, 2.05) is 66.7 Å². The standard InChI is InChI=1S/C30H26ClNO4/c31-25-8-4-7-22(17-25)23-16-24-19-32(13-14-36-29(24)28(34)18-23)30(35)27(21-5-2-1-3-6-21)15-20-9-11-26(33)12-10-20/h1-12,16-18,27,33-34H,13-15,19H2/t27-/m1/s1. The summed E-state index contributed by atoms with van der Waals surface area (Å²) in [5, 5.41) is 21.0. The summed E-state index contributed by atoms with van der Waals surface area (Å²) in [4.78, 5) is 15.8. The highest BCUT2D eigenvalue weighted by atomic mass is 35.5. The number of nitrogens with zero attached hydrogens (tertiary/aromatic N) is 1. The fourth-order valence-corrected chi connectivity index (χ4v) is 4.83. The molecular formula is C30H26ClNO4. The Kier molecular flexibility index (Phi) is 6.83. The van der Waals surface area contributed by atoms with Gasteiger partial charge in [0.25, 0.3) is 0 Å². The minimum absolute atomic E-state index is 0.0154. The first-order valence-electron chi connectivity index (χ1n) is 11.8. The van der Waals surface area contributed by atoms with Gasteiger partial charge in [-0.3, -0.25) is 4.79 Å². The fraction of sp³-hybridized carbons (Fsp3) is 0.167. The summed E-state index contributed by atoms with van der Waals surface area (Å²) in [5.41, 5.74) is 4.30. The van der Waals surface area contributed by atoms with E-state index in [4.69, 9.17) is 16.3 Å². The molecule has 5 rings (SSSR count). The number of halogens is 1. The van der Waals surface area contributed by atoms with Gasteiger partial charge in [0.15, 0.2) is 11.5 Å². The zero-order valence-electron chi connectivity index (χ0n) is 19.6. The lowest BCUT2D eigenvalue weighted by molar-refractivity contribution is -0.133. The summed E-state index contributed by atoms with van der Waals surface area (Å²) in [6, 6.07) is 27.7. The monoisotopic (exact) mass is 499 g/mol. The van der Waals surface area contributed by atoms with Crippen LogP contribution in [0, 0.1) is 0 Å². The predicted molar refractivity (Wildman–Crippen MR) is 140 cm³/mol. The second kappa shape index (κ2) is 10.3. The minimum atomic E-state index is -0.401. The van der Waals surface area contributed by atoms with Crippen molar-refractivity contribution in [2.75, 3.05) is 13.2 Å². The van der Waals surface area contributed by atoms with Crippen LogP contribution in [-0.2, 0) is 17.8 Å². The second-order valence-corrected chi connectivity index (χ2v) is 9.37. The van der Waals surface area contributed by atoms with E-state index in [0.717, 1.165) is 27.8 Å². The molecule has 0 unspecified atom stereocenters. The van der Waals surface area contributed by atoms with Crippen molar-refractivity contribution in [2.45, 2.75) is 18.9 Å². The SMILES string of the molecule is O=C([C@H](Cc1ccc(O)cc1)c1ccccc1)N1CCOc2c(O)cc(-c3cccc(Cl)c3)cc2C1. The maximum atomic E-state index is 14.0. The van der Waals surface area contributed by atoms with Gasteiger partial charge in [0.05, 0.1) is 12.5 Å². The van der Waals surface area contributed by atoms with Crippen LogP contribution < -0.4 is 4.74 Å². The van der Waals surface area contributed by atoms with Gasteiger partial charge in [-0.25, -0.2) is 0 Å².